The van der Waals surface area contributed by atoms with E-state index in [-0.39, 0.29) is 11.8 Å². The lowest BCUT2D eigenvalue weighted by Crippen LogP contribution is -2.22. The van der Waals surface area contributed by atoms with Gasteiger partial charge in [0.25, 0.3) is 0 Å². The fourth-order valence-electron chi connectivity index (χ4n) is 3.41. The molecule has 1 unspecified atom stereocenters. The van der Waals surface area contributed by atoms with Gasteiger partial charge in [0.2, 0.25) is 11.8 Å². The van der Waals surface area contributed by atoms with E-state index in [9.17, 15) is 5.26 Å². The van der Waals surface area contributed by atoms with Crippen molar-refractivity contribution in [3.8, 4) is 23.4 Å². The Morgan fingerprint density at radius 2 is 1.96 bits per heavy atom. The number of hydrogen-bond donors (Lipinski definition) is 1. The molecule has 0 aliphatic carbocycles. The van der Waals surface area contributed by atoms with Crippen LogP contribution in [0.1, 0.15) is 22.7 Å². The molecule has 1 aromatic heterocycles. The lowest BCUT2D eigenvalue weighted by atomic mass is 9.84. The lowest BCUT2D eigenvalue weighted by molar-refractivity contribution is 0.366. The molecular formula is C21H18N4O2. The Morgan fingerprint density at radius 3 is 2.67 bits per heavy atom. The third-order valence-electron chi connectivity index (χ3n) is 4.66. The van der Waals surface area contributed by atoms with Gasteiger partial charge < -0.3 is 15.2 Å². The minimum absolute atomic E-state index is 0.0925. The van der Waals surface area contributed by atoms with Gasteiger partial charge in [0.05, 0.1) is 30.0 Å². The van der Waals surface area contributed by atoms with Gasteiger partial charge in [0.1, 0.15) is 17.4 Å². The highest BCUT2D eigenvalue weighted by atomic mass is 16.5. The maximum Gasteiger partial charge on any atom is 0.229 e. The largest absolute Gasteiger partial charge is 0.497 e. The van der Waals surface area contributed by atoms with Crippen molar-refractivity contribution in [3.05, 3.63) is 82.9 Å². The molecule has 3 aromatic rings. The van der Waals surface area contributed by atoms with E-state index in [1.54, 1.807) is 11.8 Å². The van der Waals surface area contributed by atoms with Crippen LogP contribution in [-0.4, -0.2) is 16.9 Å². The predicted molar refractivity (Wildman–Crippen MR) is 101 cm³/mol. The number of nitriles is 1. The van der Waals surface area contributed by atoms with Crippen LogP contribution in [0.2, 0.25) is 0 Å². The maximum absolute atomic E-state index is 9.73. The molecule has 2 aromatic carbocycles. The quantitative estimate of drug-likeness (QED) is 0.775. The summed E-state index contributed by atoms with van der Waals surface area (Å²) in [6, 6.07) is 19.5. The molecule has 1 aliphatic heterocycles. The van der Waals surface area contributed by atoms with Gasteiger partial charge in [0, 0.05) is 0 Å². The monoisotopic (exact) mass is 358 g/mol. The number of fused-ring (bicyclic) bond motifs is 1. The molecule has 0 saturated carbocycles. The number of ether oxygens (including phenoxy) is 2. The first-order valence-electron chi connectivity index (χ1n) is 8.50. The Hall–Kier alpha value is -3.72. The maximum atomic E-state index is 9.73. The highest BCUT2D eigenvalue weighted by Crippen LogP contribution is 2.45. The second-order valence-electron chi connectivity index (χ2n) is 6.25. The van der Waals surface area contributed by atoms with Crippen molar-refractivity contribution in [1.29, 1.82) is 5.26 Å². The Morgan fingerprint density at radius 1 is 1.19 bits per heavy atom. The van der Waals surface area contributed by atoms with Gasteiger partial charge in [-0.2, -0.15) is 10.4 Å². The first kappa shape index (κ1) is 16.7. The van der Waals surface area contributed by atoms with E-state index in [0.717, 1.165) is 22.5 Å². The number of nitrogens with two attached hydrogens (primary N) is 1. The predicted octanol–water partition coefficient (Wildman–Crippen LogP) is 3.41. The Balaban J connectivity index is 1.95. The van der Waals surface area contributed by atoms with Gasteiger partial charge >= 0.3 is 0 Å². The number of nitrogens with zero attached hydrogens (tertiary/aromatic N) is 3. The van der Waals surface area contributed by atoms with Gasteiger partial charge in [-0.25, -0.2) is 4.68 Å². The van der Waals surface area contributed by atoms with Crippen LogP contribution in [0.25, 0.3) is 5.69 Å². The minimum Gasteiger partial charge on any atom is -0.497 e. The van der Waals surface area contributed by atoms with Crippen LogP contribution in [0.15, 0.2) is 66.1 Å². The van der Waals surface area contributed by atoms with E-state index in [0.29, 0.717) is 17.2 Å². The number of aryl methyl sites for hydroxylation is 1. The summed E-state index contributed by atoms with van der Waals surface area (Å²) in [4.78, 5) is 0. The minimum atomic E-state index is -0.369. The molecule has 0 bridgehead atoms. The van der Waals surface area contributed by atoms with Crippen molar-refractivity contribution in [2.75, 3.05) is 7.11 Å². The normalized spacial score (nSPS) is 15.7. The van der Waals surface area contributed by atoms with Crippen molar-refractivity contribution in [3.63, 3.8) is 0 Å². The van der Waals surface area contributed by atoms with E-state index < -0.39 is 0 Å². The molecule has 134 valence electrons. The first-order chi connectivity index (χ1) is 13.1. The van der Waals surface area contributed by atoms with Gasteiger partial charge in [-0.3, -0.25) is 0 Å². The standard InChI is InChI=1S/C21H18N4O2/c1-13-18-19(14-7-6-10-16(11-14)26-2)17(12-22)20(23)27-21(18)25(24-13)15-8-4-3-5-9-15/h3-11,19H,23H2,1-2H3. The number of rotatable bonds is 3. The fourth-order valence-corrected chi connectivity index (χ4v) is 3.41. The summed E-state index contributed by atoms with van der Waals surface area (Å²) in [6.07, 6.45) is 0. The first-order valence-corrected chi connectivity index (χ1v) is 8.50. The number of methoxy groups -OCH3 is 1. The lowest BCUT2D eigenvalue weighted by Gasteiger charge is -2.25. The zero-order valence-electron chi connectivity index (χ0n) is 15.0. The molecule has 1 aliphatic rings. The van der Waals surface area contributed by atoms with Gasteiger partial charge in [-0.05, 0) is 36.8 Å². The van der Waals surface area contributed by atoms with Crippen LogP contribution in [0, 0.1) is 18.3 Å². The van der Waals surface area contributed by atoms with E-state index in [1.807, 2.05) is 61.5 Å². The topological polar surface area (TPSA) is 86.1 Å². The van der Waals surface area contributed by atoms with E-state index in [4.69, 9.17) is 15.2 Å². The zero-order valence-corrected chi connectivity index (χ0v) is 15.0. The van der Waals surface area contributed by atoms with Crippen LogP contribution in [0.3, 0.4) is 0 Å². The Bertz CT molecular complexity index is 1080. The highest BCUT2D eigenvalue weighted by Gasteiger charge is 2.36. The Kier molecular flexibility index (Phi) is 4.05. The van der Waals surface area contributed by atoms with E-state index >= 15 is 0 Å². The molecule has 4 rings (SSSR count). The third kappa shape index (κ3) is 2.70. The number of allylic oxidation sites excluding steroid dienone is 1. The van der Waals surface area contributed by atoms with Gasteiger partial charge in [0.15, 0.2) is 0 Å². The van der Waals surface area contributed by atoms with Gasteiger partial charge in [-0.1, -0.05) is 30.3 Å². The average molecular weight is 358 g/mol. The van der Waals surface area contributed by atoms with Gasteiger partial charge in [-0.15, -0.1) is 0 Å². The summed E-state index contributed by atoms with van der Waals surface area (Å²) in [6.45, 7) is 1.91. The summed E-state index contributed by atoms with van der Waals surface area (Å²) in [5.74, 6) is 0.966. The van der Waals surface area contributed by atoms with Crippen LogP contribution in [0.5, 0.6) is 11.6 Å². The molecule has 6 heteroatoms. The van der Waals surface area contributed by atoms with E-state index in [1.165, 1.54) is 0 Å². The molecule has 0 fully saturated rings. The van der Waals surface area contributed by atoms with Crippen LogP contribution >= 0.6 is 0 Å². The summed E-state index contributed by atoms with van der Waals surface area (Å²) < 4.78 is 12.9. The number of para-hydroxylation sites is 1. The van der Waals surface area contributed by atoms with Crippen molar-refractivity contribution in [2.24, 2.45) is 5.73 Å². The smallest absolute Gasteiger partial charge is 0.229 e. The van der Waals surface area contributed by atoms with Crippen molar-refractivity contribution in [2.45, 2.75) is 12.8 Å². The molecule has 0 saturated heterocycles. The molecule has 2 N–H and O–H groups in total. The molecule has 2 heterocycles. The highest BCUT2D eigenvalue weighted by molar-refractivity contribution is 5.57. The van der Waals surface area contributed by atoms with Crippen molar-refractivity contribution < 1.29 is 9.47 Å². The summed E-state index contributed by atoms with van der Waals surface area (Å²) in [5, 5.41) is 14.4. The van der Waals surface area contributed by atoms with Crippen molar-refractivity contribution in [1.82, 2.24) is 9.78 Å². The molecule has 0 spiro atoms. The summed E-state index contributed by atoms with van der Waals surface area (Å²) in [7, 11) is 1.61. The Labute approximate surface area is 157 Å². The number of aromatic nitrogens is 2. The van der Waals surface area contributed by atoms with Crippen LogP contribution in [0.4, 0.5) is 0 Å². The fraction of sp³-hybridized carbons (Fsp3) is 0.143. The SMILES string of the molecule is COc1cccc(C2C(C#N)=C(N)Oc3c2c(C)nn3-c2ccccc2)c1. The number of benzene rings is 2. The molecule has 0 radical (unpaired) electrons. The second-order valence-corrected chi connectivity index (χ2v) is 6.25. The molecule has 6 nitrogen and oxygen atoms in total. The molecule has 1 atom stereocenters. The summed E-state index contributed by atoms with van der Waals surface area (Å²) >= 11 is 0. The van der Waals surface area contributed by atoms with Crippen molar-refractivity contribution >= 4 is 0 Å². The van der Waals surface area contributed by atoms with Crippen LogP contribution < -0.4 is 15.2 Å². The average Bonchev–Trinajstić information content (AvgIpc) is 3.03. The number of hydrogen-bond acceptors (Lipinski definition) is 5. The van der Waals surface area contributed by atoms with E-state index in [2.05, 4.69) is 11.2 Å². The molecular weight excluding hydrogens is 340 g/mol. The summed E-state index contributed by atoms with van der Waals surface area (Å²) in [5.41, 5.74) is 9.86. The van der Waals surface area contributed by atoms with Crippen LogP contribution in [-0.2, 0) is 0 Å². The zero-order chi connectivity index (χ0) is 19.0. The second kappa shape index (κ2) is 6.54. The molecule has 0 amide bonds. The third-order valence-corrected chi connectivity index (χ3v) is 4.66. The molecule has 27 heavy (non-hydrogen) atoms.